The van der Waals surface area contributed by atoms with Crippen LogP contribution in [0.4, 0.5) is 5.69 Å². The number of carbonyl (C=O) groups is 2. The predicted molar refractivity (Wildman–Crippen MR) is 79.2 cm³/mol. The van der Waals surface area contributed by atoms with Crippen LogP contribution in [0.3, 0.4) is 0 Å². The fourth-order valence-electron chi connectivity index (χ4n) is 3.80. The predicted octanol–water partition coefficient (Wildman–Crippen LogP) is 1.11. The molecular weight excluding hydrogens is 282 g/mol. The number of hydrogen-bond acceptors (Lipinski definition) is 4. The van der Waals surface area contributed by atoms with Gasteiger partial charge in [-0.1, -0.05) is 18.2 Å². The van der Waals surface area contributed by atoms with Crippen molar-refractivity contribution >= 4 is 17.5 Å². The van der Waals surface area contributed by atoms with Gasteiger partial charge in [0.15, 0.2) is 0 Å². The molecule has 0 unspecified atom stereocenters. The third-order valence-electron chi connectivity index (χ3n) is 5.15. The van der Waals surface area contributed by atoms with Crippen LogP contribution in [0, 0.1) is 25.7 Å². The SMILES string of the molecule is Cc1ccc(N2C(=O)[C@H]3[C@@H]4C=C[C@@](CO)(O4)[C@@H]3C2=O)cc1C. The van der Waals surface area contributed by atoms with E-state index in [1.165, 1.54) is 4.90 Å². The normalized spacial score (nSPS) is 35.6. The molecule has 22 heavy (non-hydrogen) atoms. The fraction of sp³-hybridized carbons (Fsp3) is 0.412. The summed E-state index contributed by atoms with van der Waals surface area (Å²) in [4.78, 5) is 26.8. The lowest BCUT2D eigenvalue weighted by atomic mass is 9.77. The van der Waals surface area contributed by atoms with Gasteiger partial charge in [-0.05, 0) is 37.1 Å². The molecule has 5 nitrogen and oxygen atoms in total. The molecule has 0 aliphatic carbocycles. The summed E-state index contributed by atoms with van der Waals surface area (Å²) < 4.78 is 5.71. The number of aliphatic hydroxyl groups excluding tert-OH is 1. The van der Waals surface area contributed by atoms with E-state index in [1.54, 1.807) is 18.2 Å². The van der Waals surface area contributed by atoms with Crippen LogP contribution in [0.15, 0.2) is 30.4 Å². The van der Waals surface area contributed by atoms with Gasteiger partial charge in [-0.25, -0.2) is 4.90 Å². The largest absolute Gasteiger partial charge is 0.393 e. The van der Waals surface area contributed by atoms with E-state index in [0.717, 1.165) is 11.1 Å². The zero-order valence-corrected chi connectivity index (χ0v) is 12.4. The smallest absolute Gasteiger partial charge is 0.241 e. The van der Waals surface area contributed by atoms with E-state index in [1.807, 2.05) is 26.0 Å². The molecule has 2 fully saturated rings. The summed E-state index contributed by atoms with van der Waals surface area (Å²) in [6.45, 7) is 3.65. The van der Waals surface area contributed by atoms with Crippen LogP contribution in [-0.4, -0.2) is 35.2 Å². The highest BCUT2D eigenvalue weighted by Crippen LogP contribution is 2.52. The molecular formula is C17H17NO4. The summed E-state index contributed by atoms with van der Waals surface area (Å²) in [6, 6.07) is 5.56. The Labute approximate surface area is 128 Å². The first-order valence-electron chi connectivity index (χ1n) is 7.41. The molecule has 114 valence electrons. The molecule has 3 heterocycles. The molecule has 2 saturated heterocycles. The van der Waals surface area contributed by atoms with Crippen molar-refractivity contribution in [1.82, 2.24) is 0 Å². The molecule has 1 aromatic rings. The molecule has 4 rings (SSSR count). The quantitative estimate of drug-likeness (QED) is 0.656. The van der Waals surface area contributed by atoms with Crippen molar-refractivity contribution in [3.8, 4) is 0 Å². The fourth-order valence-corrected chi connectivity index (χ4v) is 3.80. The van der Waals surface area contributed by atoms with Gasteiger partial charge in [0.05, 0.1) is 30.2 Å². The van der Waals surface area contributed by atoms with E-state index in [2.05, 4.69) is 0 Å². The zero-order valence-electron chi connectivity index (χ0n) is 12.4. The van der Waals surface area contributed by atoms with Crippen molar-refractivity contribution in [3.05, 3.63) is 41.5 Å². The summed E-state index contributed by atoms with van der Waals surface area (Å²) in [5.74, 6) is -1.66. The molecule has 5 heteroatoms. The highest BCUT2D eigenvalue weighted by atomic mass is 16.5. The first-order chi connectivity index (χ1) is 10.5. The Morgan fingerprint density at radius 2 is 2.00 bits per heavy atom. The van der Waals surface area contributed by atoms with Gasteiger partial charge in [-0.3, -0.25) is 9.59 Å². The van der Waals surface area contributed by atoms with Gasteiger partial charge >= 0.3 is 0 Å². The lowest BCUT2D eigenvalue weighted by Gasteiger charge is -2.26. The third-order valence-corrected chi connectivity index (χ3v) is 5.15. The van der Waals surface area contributed by atoms with Gasteiger partial charge in [0.2, 0.25) is 11.8 Å². The minimum absolute atomic E-state index is 0.233. The molecule has 4 atom stereocenters. The number of carbonyl (C=O) groups excluding carboxylic acids is 2. The summed E-state index contributed by atoms with van der Waals surface area (Å²) in [6.07, 6.45) is 3.10. The molecule has 0 spiro atoms. The minimum Gasteiger partial charge on any atom is -0.393 e. The summed E-state index contributed by atoms with van der Waals surface area (Å²) >= 11 is 0. The summed E-state index contributed by atoms with van der Waals surface area (Å²) in [5.41, 5.74) is 1.71. The lowest BCUT2D eigenvalue weighted by Crippen LogP contribution is -2.43. The third kappa shape index (κ3) is 1.50. The van der Waals surface area contributed by atoms with Crippen LogP contribution in [0.25, 0.3) is 0 Å². The van der Waals surface area contributed by atoms with E-state index < -0.39 is 23.5 Å². The van der Waals surface area contributed by atoms with Crippen LogP contribution in [0.1, 0.15) is 11.1 Å². The Kier molecular flexibility index (Phi) is 2.65. The average Bonchev–Trinajstić information content (AvgIpc) is 3.14. The highest BCUT2D eigenvalue weighted by Gasteiger charge is 2.67. The van der Waals surface area contributed by atoms with Crippen LogP contribution in [0.2, 0.25) is 0 Å². The Hall–Kier alpha value is -1.98. The maximum atomic E-state index is 12.8. The molecule has 1 N–H and O–H groups in total. The molecule has 3 aliphatic rings. The maximum Gasteiger partial charge on any atom is 0.241 e. The minimum atomic E-state index is -1.03. The first-order valence-corrected chi connectivity index (χ1v) is 7.41. The van der Waals surface area contributed by atoms with E-state index in [-0.39, 0.29) is 18.4 Å². The standard InChI is InChI=1S/C17H17NO4/c1-9-3-4-11(7-10(9)2)18-15(20)13-12-5-6-17(8-19,22-12)14(13)16(18)21/h3-7,12-14,19H,8H2,1-2H3/t12-,13-,14-,17-/m0/s1. The second kappa shape index (κ2) is 4.27. The van der Waals surface area contributed by atoms with Gasteiger partial charge in [0.1, 0.15) is 5.60 Å². The number of imide groups is 1. The van der Waals surface area contributed by atoms with Crippen LogP contribution in [-0.2, 0) is 14.3 Å². The number of anilines is 1. The molecule has 1 aromatic carbocycles. The maximum absolute atomic E-state index is 12.8. The van der Waals surface area contributed by atoms with Gasteiger partial charge in [0, 0.05) is 0 Å². The number of hydrogen-bond donors (Lipinski definition) is 1. The van der Waals surface area contributed by atoms with E-state index in [9.17, 15) is 14.7 Å². The number of aliphatic hydroxyl groups is 1. The summed E-state index contributed by atoms with van der Waals surface area (Å²) in [7, 11) is 0. The van der Waals surface area contributed by atoms with Crippen molar-refractivity contribution in [2.24, 2.45) is 11.8 Å². The van der Waals surface area contributed by atoms with E-state index >= 15 is 0 Å². The highest BCUT2D eigenvalue weighted by molar-refractivity contribution is 6.23. The monoisotopic (exact) mass is 299 g/mol. The Morgan fingerprint density at radius 1 is 1.23 bits per heavy atom. The van der Waals surface area contributed by atoms with Crippen molar-refractivity contribution in [2.75, 3.05) is 11.5 Å². The zero-order chi connectivity index (χ0) is 15.6. The molecule has 3 aliphatic heterocycles. The van der Waals surface area contributed by atoms with Gasteiger partial charge < -0.3 is 9.84 Å². The van der Waals surface area contributed by atoms with E-state index in [0.29, 0.717) is 5.69 Å². The van der Waals surface area contributed by atoms with Gasteiger partial charge in [-0.2, -0.15) is 0 Å². The number of benzene rings is 1. The Morgan fingerprint density at radius 3 is 2.68 bits per heavy atom. The number of rotatable bonds is 2. The molecule has 2 amide bonds. The number of nitrogens with zero attached hydrogens (tertiary/aromatic N) is 1. The van der Waals surface area contributed by atoms with Crippen LogP contribution in [0.5, 0.6) is 0 Å². The topological polar surface area (TPSA) is 66.8 Å². The van der Waals surface area contributed by atoms with Crippen molar-refractivity contribution in [2.45, 2.75) is 25.6 Å². The van der Waals surface area contributed by atoms with Gasteiger partial charge in [0.25, 0.3) is 0 Å². The van der Waals surface area contributed by atoms with Crippen molar-refractivity contribution in [3.63, 3.8) is 0 Å². The molecule has 0 saturated carbocycles. The Balaban J connectivity index is 1.77. The molecule has 0 radical (unpaired) electrons. The Bertz CT molecular complexity index is 725. The van der Waals surface area contributed by atoms with Crippen LogP contribution < -0.4 is 4.90 Å². The number of amides is 2. The van der Waals surface area contributed by atoms with Crippen LogP contribution >= 0.6 is 0 Å². The van der Waals surface area contributed by atoms with E-state index in [4.69, 9.17) is 4.74 Å². The summed E-state index contributed by atoms with van der Waals surface area (Å²) in [5, 5.41) is 9.67. The number of fused-ring (bicyclic) bond motifs is 5. The second-order valence-corrected chi connectivity index (χ2v) is 6.34. The average molecular weight is 299 g/mol. The molecule has 2 bridgehead atoms. The lowest BCUT2D eigenvalue weighted by molar-refractivity contribution is -0.128. The number of ether oxygens (including phenoxy) is 1. The molecule has 0 aromatic heterocycles. The van der Waals surface area contributed by atoms with Crippen molar-refractivity contribution < 1.29 is 19.4 Å². The van der Waals surface area contributed by atoms with Gasteiger partial charge in [-0.15, -0.1) is 0 Å². The first kappa shape index (κ1) is 13.7. The number of aryl methyl sites for hydroxylation is 2. The second-order valence-electron chi connectivity index (χ2n) is 6.34. The van der Waals surface area contributed by atoms with Crippen molar-refractivity contribution in [1.29, 1.82) is 0 Å².